The molecule has 0 bridgehead atoms. The van der Waals surface area contributed by atoms with Gasteiger partial charge in [-0.2, -0.15) is 0 Å². The molecule has 1 heterocycles. The van der Waals surface area contributed by atoms with E-state index in [1.165, 1.54) is 6.08 Å². The van der Waals surface area contributed by atoms with E-state index in [1.807, 2.05) is 12.1 Å². The summed E-state index contributed by atoms with van der Waals surface area (Å²) in [5.74, 6) is -0.413. The van der Waals surface area contributed by atoms with Crippen molar-refractivity contribution in [2.75, 3.05) is 20.2 Å². The third-order valence-electron chi connectivity index (χ3n) is 5.58. The average molecular weight is 460 g/mol. The molecule has 32 heavy (non-hydrogen) atoms. The number of nitrogens with one attached hydrogen (secondary N) is 2. The molecule has 2 aliphatic rings. The number of esters is 1. The molecule has 1 saturated heterocycles. The van der Waals surface area contributed by atoms with Gasteiger partial charge in [-0.15, -0.1) is 0 Å². The summed E-state index contributed by atoms with van der Waals surface area (Å²) in [5, 5.41) is 5.48. The molecule has 1 unspecified atom stereocenters. The Morgan fingerprint density at radius 2 is 1.94 bits per heavy atom. The summed E-state index contributed by atoms with van der Waals surface area (Å²) < 4.78 is 10.7. The number of ether oxygens (including phenoxy) is 2. The third-order valence-corrected chi connectivity index (χ3v) is 5.91. The molecule has 1 aliphatic carbocycles. The maximum atomic E-state index is 12.4. The van der Waals surface area contributed by atoms with E-state index in [9.17, 15) is 14.4 Å². The second kappa shape index (κ2) is 11.6. The molecule has 1 saturated carbocycles. The molecule has 2 amide bonds. The maximum absolute atomic E-state index is 12.4. The van der Waals surface area contributed by atoms with Gasteiger partial charge in [-0.1, -0.05) is 18.6 Å². The van der Waals surface area contributed by atoms with E-state index in [4.69, 9.17) is 21.7 Å². The van der Waals surface area contributed by atoms with Crippen molar-refractivity contribution in [3.63, 3.8) is 0 Å². The third kappa shape index (κ3) is 6.78. The second-order valence-electron chi connectivity index (χ2n) is 7.86. The number of nitrogens with zero attached hydrogens (tertiary/aromatic N) is 1. The van der Waals surface area contributed by atoms with E-state index < -0.39 is 17.9 Å². The molecule has 3 rings (SSSR count). The minimum atomic E-state index is -0.807. The second-order valence-corrected chi connectivity index (χ2v) is 8.24. The molecule has 0 aromatic heterocycles. The summed E-state index contributed by atoms with van der Waals surface area (Å²) >= 11 is 5.37. The van der Waals surface area contributed by atoms with Crippen LogP contribution in [0.4, 0.5) is 0 Å². The molecular weight excluding hydrogens is 430 g/mol. The lowest BCUT2D eigenvalue weighted by Crippen LogP contribution is -2.60. The zero-order chi connectivity index (χ0) is 22.9. The molecule has 0 spiro atoms. The lowest BCUT2D eigenvalue weighted by Gasteiger charge is -2.36. The number of amides is 2. The van der Waals surface area contributed by atoms with Crippen molar-refractivity contribution in [3.8, 4) is 5.75 Å². The number of carbonyl (C=O) groups excluding carboxylic acids is 3. The van der Waals surface area contributed by atoms with Crippen molar-refractivity contribution in [2.24, 2.45) is 0 Å². The molecule has 0 radical (unpaired) electrons. The van der Waals surface area contributed by atoms with Crippen molar-refractivity contribution >= 4 is 41.2 Å². The Kier molecular flexibility index (Phi) is 8.61. The van der Waals surface area contributed by atoms with Crippen LogP contribution in [-0.4, -0.2) is 60.1 Å². The van der Waals surface area contributed by atoms with Crippen molar-refractivity contribution in [2.45, 2.75) is 50.7 Å². The quantitative estimate of drug-likeness (QED) is 0.382. The summed E-state index contributed by atoms with van der Waals surface area (Å²) in [7, 11) is 1.59. The highest BCUT2D eigenvalue weighted by atomic mass is 32.1. The fourth-order valence-electron chi connectivity index (χ4n) is 3.84. The van der Waals surface area contributed by atoms with Crippen LogP contribution in [-0.2, 0) is 19.1 Å². The standard InChI is InChI=1S/C23H29N3O5S/c1-30-17-10-7-16(8-11-17)9-12-20(27)25-23(32)26-14-13-24-22(29)19(26)15-21(28)31-18-5-3-2-4-6-18/h7-12,18-19H,2-6,13-15H2,1H3,(H,24,29)(H,25,27,32). The van der Waals surface area contributed by atoms with Gasteiger partial charge in [0.1, 0.15) is 17.9 Å². The number of thiocarbonyl (C=S) groups is 1. The van der Waals surface area contributed by atoms with Gasteiger partial charge in [0.2, 0.25) is 11.8 Å². The number of hydrogen-bond donors (Lipinski definition) is 2. The van der Waals surface area contributed by atoms with Gasteiger partial charge < -0.3 is 19.7 Å². The van der Waals surface area contributed by atoms with Gasteiger partial charge in [0, 0.05) is 19.2 Å². The molecule has 2 N–H and O–H groups in total. The molecule has 172 valence electrons. The van der Waals surface area contributed by atoms with Crippen molar-refractivity contribution < 1.29 is 23.9 Å². The first kappa shape index (κ1) is 23.7. The zero-order valence-electron chi connectivity index (χ0n) is 18.2. The van der Waals surface area contributed by atoms with Crippen molar-refractivity contribution in [3.05, 3.63) is 35.9 Å². The van der Waals surface area contributed by atoms with Crippen molar-refractivity contribution in [1.29, 1.82) is 0 Å². The predicted octanol–water partition coefficient (Wildman–Crippen LogP) is 2.18. The first-order valence-corrected chi connectivity index (χ1v) is 11.3. The van der Waals surface area contributed by atoms with E-state index in [2.05, 4.69) is 10.6 Å². The van der Waals surface area contributed by atoms with Crippen LogP contribution in [0.5, 0.6) is 5.75 Å². The maximum Gasteiger partial charge on any atom is 0.308 e. The first-order valence-electron chi connectivity index (χ1n) is 10.9. The Bertz CT molecular complexity index is 865. The van der Waals surface area contributed by atoms with E-state index in [0.717, 1.165) is 43.4 Å². The highest BCUT2D eigenvalue weighted by Gasteiger charge is 2.34. The highest BCUT2D eigenvalue weighted by Crippen LogP contribution is 2.21. The monoisotopic (exact) mass is 459 g/mol. The van der Waals surface area contributed by atoms with E-state index in [0.29, 0.717) is 13.1 Å². The first-order chi connectivity index (χ1) is 15.5. The van der Waals surface area contributed by atoms with Crippen LogP contribution in [0.1, 0.15) is 44.1 Å². The van der Waals surface area contributed by atoms with Gasteiger partial charge >= 0.3 is 5.97 Å². The molecule has 1 aromatic carbocycles. The van der Waals surface area contributed by atoms with E-state index >= 15 is 0 Å². The normalized spacial score (nSPS) is 19.3. The van der Waals surface area contributed by atoms with Crippen molar-refractivity contribution in [1.82, 2.24) is 15.5 Å². The number of piperazine rings is 1. The number of carbonyl (C=O) groups is 3. The van der Waals surface area contributed by atoms with Crippen LogP contribution in [0.25, 0.3) is 6.08 Å². The minimum Gasteiger partial charge on any atom is -0.497 e. The number of rotatable bonds is 6. The van der Waals surface area contributed by atoms with E-state index in [-0.39, 0.29) is 23.5 Å². The number of benzene rings is 1. The lowest BCUT2D eigenvalue weighted by molar-refractivity contribution is -0.153. The van der Waals surface area contributed by atoms with Gasteiger partial charge in [0.25, 0.3) is 0 Å². The Hall–Kier alpha value is -2.94. The largest absolute Gasteiger partial charge is 0.497 e. The van der Waals surface area contributed by atoms with Gasteiger partial charge in [0.15, 0.2) is 5.11 Å². The zero-order valence-corrected chi connectivity index (χ0v) is 19.0. The van der Waals surface area contributed by atoms with E-state index in [1.54, 1.807) is 30.2 Å². The molecular formula is C23H29N3O5S. The topological polar surface area (TPSA) is 97.0 Å². The smallest absolute Gasteiger partial charge is 0.308 e. The molecule has 8 nitrogen and oxygen atoms in total. The number of hydrogen-bond acceptors (Lipinski definition) is 6. The summed E-state index contributed by atoms with van der Waals surface area (Å²) in [6, 6.07) is 6.43. The van der Waals surface area contributed by atoms with Crippen LogP contribution in [0, 0.1) is 0 Å². The predicted molar refractivity (Wildman–Crippen MR) is 124 cm³/mol. The Labute approximate surface area is 193 Å². The van der Waals surface area contributed by atoms with Crippen LogP contribution >= 0.6 is 12.2 Å². The molecule has 1 atom stereocenters. The molecule has 9 heteroatoms. The average Bonchev–Trinajstić information content (AvgIpc) is 2.80. The Morgan fingerprint density at radius 1 is 1.22 bits per heavy atom. The van der Waals surface area contributed by atoms with Gasteiger partial charge in [-0.3, -0.25) is 19.7 Å². The molecule has 1 aliphatic heterocycles. The molecule has 2 fully saturated rings. The Morgan fingerprint density at radius 3 is 2.62 bits per heavy atom. The summed E-state index contributed by atoms with van der Waals surface area (Å²) in [5.41, 5.74) is 0.826. The van der Waals surface area contributed by atoms with Crippen LogP contribution in [0.15, 0.2) is 30.3 Å². The van der Waals surface area contributed by atoms with Crippen LogP contribution < -0.4 is 15.4 Å². The molecule has 1 aromatic rings. The minimum absolute atomic E-state index is 0.0777. The summed E-state index contributed by atoms with van der Waals surface area (Å²) in [6.45, 7) is 0.777. The number of methoxy groups -OCH3 is 1. The summed E-state index contributed by atoms with van der Waals surface area (Å²) in [4.78, 5) is 38.8. The fourth-order valence-corrected chi connectivity index (χ4v) is 4.16. The Balaban J connectivity index is 1.56. The van der Waals surface area contributed by atoms with Gasteiger partial charge in [-0.05, 0) is 61.7 Å². The van der Waals surface area contributed by atoms with Crippen LogP contribution in [0.3, 0.4) is 0 Å². The lowest BCUT2D eigenvalue weighted by atomic mass is 9.98. The summed E-state index contributed by atoms with van der Waals surface area (Å²) in [6.07, 6.45) is 7.81. The van der Waals surface area contributed by atoms with Crippen LogP contribution in [0.2, 0.25) is 0 Å². The SMILES string of the molecule is COc1ccc(C=CC(=O)NC(=S)N2CCNC(=O)C2CC(=O)OC2CCCCC2)cc1. The fraction of sp³-hybridized carbons (Fsp3) is 0.478. The highest BCUT2D eigenvalue weighted by molar-refractivity contribution is 7.80. The van der Waals surface area contributed by atoms with Gasteiger partial charge in [-0.25, -0.2) is 0 Å². The van der Waals surface area contributed by atoms with Gasteiger partial charge in [0.05, 0.1) is 13.5 Å².